The zero-order valence-corrected chi connectivity index (χ0v) is 7.62. The number of nitrogens with one attached hydrogen (secondary N) is 1. The number of rotatable bonds is 2. The average Bonchev–Trinajstić information content (AvgIpc) is 2.52. The Morgan fingerprint density at radius 1 is 1.58 bits per heavy atom. The van der Waals surface area contributed by atoms with Gasteiger partial charge in [-0.3, -0.25) is 10.00 Å². The molecule has 0 aliphatic carbocycles. The maximum absolute atomic E-state index is 3.93. The topological polar surface area (TPSA) is 31.9 Å². The Bertz CT molecular complexity index is 234. The number of aromatic amines is 1. The zero-order chi connectivity index (χ0) is 8.55. The van der Waals surface area contributed by atoms with Gasteiger partial charge in [0.05, 0.1) is 0 Å². The van der Waals surface area contributed by atoms with Gasteiger partial charge in [0.15, 0.2) is 0 Å². The van der Waals surface area contributed by atoms with E-state index in [0.29, 0.717) is 0 Å². The predicted molar refractivity (Wildman–Crippen MR) is 47.7 cm³/mol. The van der Waals surface area contributed by atoms with Crippen molar-refractivity contribution in [2.24, 2.45) is 0 Å². The highest BCUT2D eigenvalue weighted by Gasteiger charge is 2.31. The number of hydrogen-bond acceptors (Lipinski definition) is 2. The highest BCUT2D eigenvalue weighted by Crippen LogP contribution is 2.26. The summed E-state index contributed by atoms with van der Waals surface area (Å²) in [6, 6.07) is 3.52. The Balaban J connectivity index is 1.95. The largest absolute Gasteiger partial charge is 0.292 e. The minimum atomic E-state index is 0.739. The molecule has 3 heteroatoms. The van der Waals surface area contributed by atoms with Crippen molar-refractivity contribution in [3.8, 4) is 0 Å². The Kier molecular flexibility index (Phi) is 1.89. The molecule has 0 aromatic carbocycles. The van der Waals surface area contributed by atoms with Gasteiger partial charge in [-0.1, -0.05) is 0 Å². The normalized spacial score (nSPS) is 30.2. The number of hydrogen-bond donors (Lipinski definition) is 1. The van der Waals surface area contributed by atoms with Gasteiger partial charge in [-0.2, -0.15) is 5.10 Å². The smallest absolute Gasteiger partial charge is 0.0492 e. The molecule has 0 bridgehead atoms. The van der Waals surface area contributed by atoms with E-state index in [1.54, 1.807) is 0 Å². The summed E-state index contributed by atoms with van der Waals surface area (Å²) in [6.07, 6.45) is 3.14. The van der Waals surface area contributed by atoms with Crippen LogP contribution in [0.25, 0.3) is 0 Å². The summed E-state index contributed by atoms with van der Waals surface area (Å²) in [5, 5.41) is 6.92. The average molecular weight is 165 g/mol. The Hall–Kier alpha value is -0.830. The third-order valence-electron chi connectivity index (χ3n) is 2.73. The molecule has 1 aromatic heterocycles. The molecule has 0 spiro atoms. The molecule has 1 saturated heterocycles. The van der Waals surface area contributed by atoms with Crippen LogP contribution in [-0.4, -0.2) is 27.2 Å². The predicted octanol–water partition coefficient (Wildman–Crippen LogP) is 1.39. The molecule has 2 unspecified atom stereocenters. The Morgan fingerprint density at radius 2 is 2.33 bits per heavy atom. The quantitative estimate of drug-likeness (QED) is 0.718. The number of aromatic nitrogens is 2. The molecule has 2 rings (SSSR count). The molecule has 2 atom stereocenters. The van der Waals surface area contributed by atoms with Crippen molar-refractivity contribution < 1.29 is 0 Å². The van der Waals surface area contributed by atoms with E-state index >= 15 is 0 Å². The Morgan fingerprint density at radius 3 is 2.83 bits per heavy atom. The van der Waals surface area contributed by atoms with E-state index in [1.165, 1.54) is 12.1 Å². The fourth-order valence-electron chi connectivity index (χ4n) is 1.94. The van der Waals surface area contributed by atoms with Gasteiger partial charge in [0.2, 0.25) is 0 Å². The minimum absolute atomic E-state index is 0.739. The van der Waals surface area contributed by atoms with Crippen molar-refractivity contribution in [3.05, 3.63) is 18.0 Å². The molecule has 2 heterocycles. The standard InChI is InChI=1S/C9H15N3/c1-7-5-8(2)12(7)6-9-3-4-10-11-9/h3-4,7-8H,5-6H2,1-2H3,(H,10,11). The first-order valence-corrected chi connectivity index (χ1v) is 4.51. The maximum atomic E-state index is 3.93. The molecule has 1 aromatic rings. The number of likely N-dealkylation sites (tertiary alicyclic amines) is 1. The van der Waals surface area contributed by atoms with E-state index in [4.69, 9.17) is 0 Å². The monoisotopic (exact) mass is 165 g/mol. The van der Waals surface area contributed by atoms with Crippen molar-refractivity contribution in [1.29, 1.82) is 0 Å². The van der Waals surface area contributed by atoms with Crippen LogP contribution in [0.15, 0.2) is 12.3 Å². The number of nitrogens with zero attached hydrogens (tertiary/aromatic N) is 2. The van der Waals surface area contributed by atoms with Gasteiger partial charge in [-0.25, -0.2) is 0 Å². The summed E-state index contributed by atoms with van der Waals surface area (Å²) in [4.78, 5) is 2.48. The molecule has 1 N–H and O–H groups in total. The van der Waals surface area contributed by atoms with Crippen LogP contribution >= 0.6 is 0 Å². The molecule has 1 aliphatic heterocycles. The molecular weight excluding hydrogens is 150 g/mol. The fraction of sp³-hybridized carbons (Fsp3) is 0.667. The van der Waals surface area contributed by atoms with E-state index in [2.05, 4.69) is 28.9 Å². The van der Waals surface area contributed by atoms with E-state index in [0.717, 1.165) is 18.6 Å². The van der Waals surface area contributed by atoms with Crippen LogP contribution in [-0.2, 0) is 6.54 Å². The van der Waals surface area contributed by atoms with Gasteiger partial charge in [0.25, 0.3) is 0 Å². The molecule has 12 heavy (non-hydrogen) atoms. The SMILES string of the molecule is CC1CC(C)N1Cc1ccn[nH]1. The molecule has 66 valence electrons. The van der Waals surface area contributed by atoms with Crippen LogP contribution < -0.4 is 0 Å². The van der Waals surface area contributed by atoms with Crippen molar-refractivity contribution >= 4 is 0 Å². The van der Waals surface area contributed by atoms with Crippen LogP contribution in [0.2, 0.25) is 0 Å². The third kappa shape index (κ3) is 1.25. The van der Waals surface area contributed by atoms with Crippen LogP contribution in [0.4, 0.5) is 0 Å². The van der Waals surface area contributed by atoms with Gasteiger partial charge < -0.3 is 0 Å². The lowest BCUT2D eigenvalue weighted by Crippen LogP contribution is -2.51. The van der Waals surface area contributed by atoms with Crippen LogP contribution in [0.5, 0.6) is 0 Å². The molecule has 1 fully saturated rings. The van der Waals surface area contributed by atoms with Gasteiger partial charge in [-0.15, -0.1) is 0 Å². The van der Waals surface area contributed by atoms with Crippen molar-refractivity contribution in [2.75, 3.05) is 0 Å². The van der Waals surface area contributed by atoms with Gasteiger partial charge >= 0.3 is 0 Å². The molecule has 0 radical (unpaired) electrons. The maximum Gasteiger partial charge on any atom is 0.0492 e. The lowest BCUT2D eigenvalue weighted by Gasteiger charge is -2.45. The highest BCUT2D eigenvalue weighted by atomic mass is 15.3. The van der Waals surface area contributed by atoms with Crippen LogP contribution in [0.3, 0.4) is 0 Å². The molecule has 1 aliphatic rings. The first-order valence-electron chi connectivity index (χ1n) is 4.51. The summed E-state index contributed by atoms with van der Waals surface area (Å²) >= 11 is 0. The summed E-state index contributed by atoms with van der Waals surface area (Å²) in [7, 11) is 0. The van der Waals surface area contributed by atoms with E-state index in [-0.39, 0.29) is 0 Å². The molecule has 3 nitrogen and oxygen atoms in total. The fourth-order valence-corrected chi connectivity index (χ4v) is 1.94. The lowest BCUT2D eigenvalue weighted by atomic mass is 9.95. The van der Waals surface area contributed by atoms with Crippen molar-refractivity contribution in [2.45, 2.75) is 38.9 Å². The second-order valence-electron chi connectivity index (χ2n) is 3.69. The minimum Gasteiger partial charge on any atom is -0.292 e. The van der Waals surface area contributed by atoms with Crippen LogP contribution in [0, 0.1) is 0 Å². The van der Waals surface area contributed by atoms with Crippen molar-refractivity contribution in [3.63, 3.8) is 0 Å². The summed E-state index contributed by atoms with van der Waals surface area (Å²) < 4.78 is 0. The van der Waals surface area contributed by atoms with Gasteiger partial charge in [0.1, 0.15) is 0 Å². The van der Waals surface area contributed by atoms with Gasteiger partial charge in [-0.05, 0) is 26.3 Å². The second kappa shape index (κ2) is 2.90. The van der Waals surface area contributed by atoms with E-state index in [9.17, 15) is 0 Å². The van der Waals surface area contributed by atoms with E-state index in [1.807, 2.05) is 12.3 Å². The molecule has 0 saturated carbocycles. The van der Waals surface area contributed by atoms with Crippen LogP contribution in [0.1, 0.15) is 26.0 Å². The van der Waals surface area contributed by atoms with Crippen molar-refractivity contribution in [1.82, 2.24) is 15.1 Å². The highest BCUT2D eigenvalue weighted by molar-refractivity contribution is 5.00. The molecule has 0 amide bonds. The summed E-state index contributed by atoms with van der Waals surface area (Å²) in [5.41, 5.74) is 1.22. The summed E-state index contributed by atoms with van der Waals surface area (Å²) in [6.45, 7) is 5.56. The second-order valence-corrected chi connectivity index (χ2v) is 3.69. The Labute approximate surface area is 72.8 Å². The lowest BCUT2D eigenvalue weighted by molar-refractivity contribution is 0.0283. The van der Waals surface area contributed by atoms with E-state index < -0.39 is 0 Å². The first-order chi connectivity index (χ1) is 5.77. The molecular formula is C9H15N3. The summed E-state index contributed by atoms with van der Waals surface area (Å²) in [5.74, 6) is 0. The third-order valence-corrected chi connectivity index (χ3v) is 2.73. The first kappa shape index (κ1) is 7.80. The van der Waals surface area contributed by atoms with Gasteiger partial charge in [0, 0.05) is 30.5 Å². The number of H-pyrrole nitrogens is 1. The zero-order valence-electron chi connectivity index (χ0n) is 7.62.